The molecular formula is C20H27NO2S2. The van der Waals surface area contributed by atoms with E-state index < -0.39 is 0 Å². The van der Waals surface area contributed by atoms with Gasteiger partial charge in [0.15, 0.2) is 10.9 Å². The molecule has 0 unspecified atom stereocenters. The summed E-state index contributed by atoms with van der Waals surface area (Å²) in [6, 6.07) is 10.1. The van der Waals surface area contributed by atoms with Crippen molar-refractivity contribution < 1.29 is 9.21 Å². The Balaban J connectivity index is 2.05. The van der Waals surface area contributed by atoms with Gasteiger partial charge in [0.2, 0.25) is 0 Å². The molecule has 0 fully saturated rings. The molecule has 0 saturated heterocycles. The second kappa shape index (κ2) is 8.86. The summed E-state index contributed by atoms with van der Waals surface area (Å²) in [5.74, 6) is 1.27. The lowest BCUT2D eigenvalue weighted by Crippen LogP contribution is -2.24. The van der Waals surface area contributed by atoms with E-state index >= 15 is 0 Å². The van der Waals surface area contributed by atoms with E-state index in [-0.39, 0.29) is 11.3 Å². The van der Waals surface area contributed by atoms with Crippen molar-refractivity contribution in [3.63, 3.8) is 0 Å². The number of benzene rings is 1. The summed E-state index contributed by atoms with van der Waals surface area (Å²) >= 11 is 3.35. The van der Waals surface area contributed by atoms with Crippen LogP contribution in [-0.4, -0.2) is 24.5 Å². The van der Waals surface area contributed by atoms with Crippen molar-refractivity contribution in [3.8, 4) is 0 Å². The van der Waals surface area contributed by atoms with Crippen LogP contribution in [0.25, 0.3) is 0 Å². The highest BCUT2D eigenvalue weighted by Gasteiger charge is 2.16. The summed E-state index contributed by atoms with van der Waals surface area (Å²) in [5.41, 5.74) is 2.60. The van der Waals surface area contributed by atoms with E-state index in [4.69, 9.17) is 4.42 Å². The quantitative estimate of drug-likeness (QED) is 0.645. The Morgan fingerprint density at radius 1 is 1.20 bits per heavy atom. The highest BCUT2D eigenvalue weighted by Crippen LogP contribution is 2.34. The van der Waals surface area contributed by atoms with Gasteiger partial charge in [-0.2, -0.15) is 11.8 Å². The molecular weight excluding hydrogens is 350 g/mol. The molecule has 0 radical (unpaired) electrons. The molecule has 1 heterocycles. The fourth-order valence-corrected chi connectivity index (χ4v) is 3.62. The van der Waals surface area contributed by atoms with E-state index in [2.05, 4.69) is 57.5 Å². The first kappa shape index (κ1) is 20.0. The Kier molecular flexibility index (Phi) is 7.08. The first-order valence-corrected chi connectivity index (χ1v) is 10.7. The molecule has 0 aliphatic heterocycles. The summed E-state index contributed by atoms with van der Waals surface area (Å²) in [6.07, 6.45) is 3.03. The van der Waals surface area contributed by atoms with Crippen LogP contribution < -0.4 is 5.32 Å². The number of carbonyl (C=O) groups excluding carboxylic acids is 1. The predicted octanol–water partition coefficient (Wildman–Crippen LogP) is 5.52. The van der Waals surface area contributed by atoms with Crippen LogP contribution in [0.3, 0.4) is 0 Å². The van der Waals surface area contributed by atoms with Gasteiger partial charge in [0.25, 0.3) is 5.91 Å². The summed E-state index contributed by atoms with van der Waals surface area (Å²) in [5, 5.41) is 3.64. The van der Waals surface area contributed by atoms with Crippen molar-refractivity contribution in [1.82, 2.24) is 5.32 Å². The molecule has 5 heteroatoms. The number of hydrogen-bond donors (Lipinski definition) is 1. The van der Waals surface area contributed by atoms with E-state index in [0.717, 1.165) is 22.2 Å². The molecule has 25 heavy (non-hydrogen) atoms. The van der Waals surface area contributed by atoms with E-state index in [1.54, 1.807) is 29.6 Å². The fourth-order valence-electron chi connectivity index (χ4n) is 2.29. The highest BCUT2D eigenvalue weighted by atomic mass is 32.2. The lowest BCUT2D eigenvalue weighted by Gasteiger charge is -2.20. The number of furan rings is 1. The second-order valence-corrected chi connectivity index (χ2v) is 9.09. The monoisotopic (exact) mass is 377 g/mol. The molecule has 3 nitrogen and oxygen atoms in total. The maximum Gasteiger partial charge on any atom is 0.287 e. The average Bonchev–Trinajstić information content (AvgIpc) is 3.01. The van der Waals surface area contributed by atoms with E-state index in [1.165, 1.54) is 11.1 Å². The van der Waals surface area contributed by atoms with Crippen molar-refractivity contribution >= 4 is 29.4 Å². The fraction of sp³-hybridized carbons (Fsp3) is 0.450. The Morgan fingerprint density at radius 2 is 1.96 bits per heavy atom. The first-order valence-electron chi connectivity index (χ1n) is 8.47. The third-order valence-electron chi connectivity index (χ3n) is 3.88. The minimum absolute atomic E-state index is 0.105. The molecule has 1 aromatic carbocycles. The minimum Gasteiger partial charge on any atom is -0.444 e. The molecule has 0 aliphatic rings. The molecule has 136 valence electrons. The third kappa shape index (κ3) is 5.86. The van der Waals surface area contributed by atoms with Gasteiger partial charge in [-0.15, -0.1) is 0 Å². The van der Waals surface area contributed by atoms with Crippen LogP contribution in [0.15, 0.2) is 44.7 Å². The molecule has 2 aromatic rings. The predicted molar refractivity (Wildman–Crippen MR) is 108 cm³/mol. The molecule has 1 N–H and O–H groups in total. The summed E-state index contributed by atoms with van der Waals surface area (Å²) in [4.78, 5) is 13.3. The summed E-state index contributed by atoms with van der Waals surface area (Å²) < 4.78 is 5.73. The Bertz CT molecular complexity index is 717. The van der Waals surface area contributed by atoms with Crippen LogP contribution in [0.2, 0.25) is 0 Å². The Morgan fingerprint density at radius 3 is 2.64 bits per heavy atom. The van der Waals surface area contributed by atoms with E-state index in [9.17, 15) is 4.79 Å². The number of thioether (sulfide) groups is 1. The molecule has 0 bridgehead atoms. The summed E-state index contributed by atoms with van der Waals surface area (Å²) in [6.45, 7) is 9.39. The van der Waals surface area contributed by atoms with Crippen molar-refractivity contribution in [1.29, 1.82) is 0 Å². The molecule has 1 amide bonds. The number of hydrogen-bond acceptors (Lipinski definition) is 4. The molecule has 2 rings (SSSR count). The van der Waals surface area contributed by atoms with Crippen molar-refractivity contribution in [3.05, 3.63) is 47.2 Å². The van der Waals surface area contributed by atoms with Crippen LogP contribution in [0.4, 0.5) is 0 Å². The standard InChI is InChI=1S/C20H27NO2S2/c1-14-7-8-15(20(2,3)4)13-17(14)25-18-10-9-16(23-18)19(22)21-11-6-12-24-5/h7-10,13H,6,11-12H2,1-5H3,(H,21,22). The largest absolute Gasteiger partial charge is 0.444 e. The van der Waals surface area contributed by atoms with Crippen LogP contribution in [0.5, 0.6) is 0 Å². The minimum atomic E-state index is -0.145. The number of nitrogens with one attached hydrogen (secondary N) is 1. The van der Waals surface area contributed by atoms with Gasteiger partial charge in [-0.05, 0) is 60.1 Å². The number of amides is 1. The van der Waals surface area contributed by atoms with Gasteiger partial charge in [0, 0.05) is 11.4 Å². The van der Waals surface area contributed by atoms with Crippen LogP contribution in [0.1, 0.15) is 48.9 Å². The van der Waals surface area contributed by atoms with Crippen molar-refractivity contribution in [2.24, 2.45) is 0 Å². The number of carbonyl (C=O) groups is 1. The summed E-state index contributed by atoms with van der Waals surface area (Å²) in [7, 11) is 0. The third-order valence-corrected chi connectivity index (χ3v) is 5.66. The van der Waals surface area contributed by atoms with Gasteiger partial charge in [0.1, 0.15) is 0 Å². The zero-order valence-corrected chi connectivity index (χ0v) is 17.3. The first-order chi connectivity index (χ1) is 11.8. The molecule has 1 aromatic heterocycles. The maximum absolute atomic E-state index is 12.1. The SMILES string of the molecule is CSCCCNC(=O)c1ccc(Sc2cc(C(C)(C)C)ccc2C)o1. The topological polar surface area (TPSA) is 42.2 Å². The smallest absolute Gasteiger partial charge is 0.287 e. The normalized spacial score (nSPS) is 11.6. The molecule has 0 atom stereocenters. The van der Waals surface area contributed by atoms with Gasteiger partial charge < -0.3 is 9.73 Å². The van der Waals surface area contributed by atoms with E-state index in [1.807, 2.05) is 6.07 Å². The van der Waals surface area contributed by atoms with Gasteiger partial charge in [0.05, 0.1) is 0 Å². The second-order valence-electron chi connectivity index (χ2n) is 7.05. The van der Waals surface area contributed by atoms with E-state index in [0.29, 0.717) is 12.3 Å². The lowest BCUT2D eigenvalue weighted by atomic mass is 9.87. The number of rotatable bonds is 7. The van der Waals surface area contributed by atoms with Crippen molar-refractivity contribution in [2.75, 3.05) is 18.6 Å². The zero-order valence-electron chi connectivity index (χ0n) is 15.6. The number of aryl methyl sites for hydroxylation is 1. The zero-order chi connectivity index (χ0) is 18.4. The average molecular weight is 378 g/mol. The molecule has 0 spiro atoms. The highest BCUT2D eigenvalue weighted by molar-refractivity contribution is 7.99. The van der Waals surface area contributed by atoms with Gasteiger partial charge >= 0.3 is 0 Å². The van der Waals surface area contributed by atoms with Gasteiger partial charge in [-0.25, -0.2) is 0 Å². The lowest BCUT2D eigenvalue weighted by molar-refractivity contribution is 0.0921. The van der Waals surface area contributed by atoms with Crippen LogP contribution >= 0.6 is 23.5 Å². The Labute approximate surface area is 159 Å². The van der Waals surface area contributed by atoms with Crippen LogP contribution in [-0.2, 0) is 5.41 Å². The Hall–Kier alpha value is -1.33. The van der Waals surface area contributed by atoms with Crippen molar-refractivity contribution in [2.45, 2.75) is 49.5 Å². The molecule has 0 aliphatic carbocycles. The van der Waals surface area contributed by atoms with Gasteiger partial charge in [-0.3, -0.25) is 4.79 Å². The maximum atomic E-state index is 12.1. The van der Waals surface area contributed by atoms with Crippen LogP contribution in [0, 0.1) is 6.92 Å². The molecule has 0 saturated carbocycles. The van der Waals surface area contributed by atoms with Gasteiger partial charge in [-0.1, -0.05) is 44.7 Å².